The van der Waals surface area contributed by atoms with Gasteiger partial charge in [-0.1, -0.05) is 6.92 Å². The van der Waals surface area contributed by atoms with Gasteiger partial charge in [-0.05, 0) is 12.5 Å². The summed E-state index contributed by atoms with van der Waals surface area (Å²) in [6.07, 6.45) is 2.34. The summed E-state index contributed by atoms with van der Waals surface area (Å²) in [5.74, 6) is -0.298. The lowest BCUT2D eigenvalue weighted by Gasteiger charge is -2.01. The standard InChI is InChI=1S/C10H14N6O/c1-2-7-8(11)9(16-15-7)10(17)12-5-6-3-4-13-14-6/h3-4H,2,5,11H2,1H3,(H,12,17)(H,13,14)(H,15,16). The molecule has 0 atom stereocenters. The van der Waals surface area contributed by atoms with Gasteiger partial charge >= 0.3 is 0 Å². The Kier molecular flexibility index (Phi) is 3.08. The quantitative estimate of drug-likeness (QED) is 0.605. The number of H-pyrrole nitrogens is 2. The van der Waals surface area contributed by atoms with Crippen molar-refractivity contribution < 1.29 is 4.79 Å². The summed E-state index contributed by atoms with van der Waals surface area (Å²) in [5.41, 5.74) is 8.04. The predicted molar refractivity (Wildman–Crippen MR) is 62.1 cm³/mol. The average molecular weight is 234 g/mol. The third kappa shape index (κ3) is 2.27. The van der Waals surface area contributed by atoms with Gasteiger partial charge in [0, 0.05) is 6.20 Å². The van der Waals surface area contributed by atoms with Gasteiger partial charge < -0.3 is 11.1 Å². The molecule has 5 N–H and O–H groups in total. The fourth-order valence-corrected chi connectivity index (χ4v) is 1.47. The van der Waals surface area contributed by atoms with E-state index in [4.69, 9.17) is 5.73 Å². The number of amides is 1. The molecule has 2 aromatic rings. The Morgan fingerprint density at radius 1 is 1.53 bits per heavy atom. The number of carbonyl (C=O) groups excluding carboxylic acids is 1. The Bertz CT molecular complexity index is 501. The van der Waals surface area contributed by atoms with E-state index in [1.54, 1.807) is 12.3 Å². The van der Waals surface area contributed by atoms with Gasteiger partial charge in [0.05, 0.1) is 23.6 Å². The van der Waals surface area contributed by atoms with Crippen LogP contribution < -0.4 is 11.1 Å². The average Bonchev–Trinajstić information content (AvgIpc) is 2.95. The first-order valence-corrected chi connectivity index (χ1v) is 5.31. The fraction of sp³-hybridized carbons (Fsp3) is 0.300. The van der Waals surface area contributed by atoms with Crippen molar-refractivity contribution in [3.8, 4) is 0 Å². The molecule has 0 aliphatic carbocycles. The molecule has 2 aromatic heterocycles. The van der Waals surface area contributed by atoms with Crippen molar-refractivity contribution in [2.24, 2.45) is 0 Å². The van der Waals surface area contributed by atoms with Crippen LogP contribution in [0.15, 0.2) is 12.3 Å². The van der Waals surface area contributed by atoms with E-state index in [0.717, 1.165) is 11.4 Å². The van der Waals surface area contributed by atoms with Crippen molar-refractivity contribution in [3.63, 3.8) is 0 Å². The third-order valence-electron chi connectivity index (χ3n) is 2.45. The molecular formula is C10H14N6O. The summed E-state index contributed by atoms with van der Waals surface area (Å²) >= 11 is 0. The maximum absolute atomic E-state index is 11.8. The molecule has 7 nitrogen and oxygen atoms in total. The Hall–Kier alpha value is -2.31. The van der Waals surface area contributed by atoms with Gasteiger partial charge in [-0.15, -0.1) is 0 Å². The van der Waals surface area contributed by atoms with Gasteiger partial charge in [0.15, 0.2) is 5.69 Å². The second-order valence-corrected chi connectivity index (χ2v) is 3.58. The maximum atomic E-state index is 11.8. The van der Waals surface area contributed by atoms with E-state index in [0.29, 0.717) is 18.7 Å². The number of aromatic amines is 2. The van der Waals surface area contributed by atoms with Gasteiger partial charge in [-0.3, -0.25) is 15.0 Å². The lowest BCUT2D eigenvalue weighted by atomic mass is 10.2. The normalized spacial score (nSPS) is 10.4. The highest BCUT2D eigenvalue weighted by atomic mass is 16.1. The smallest absolute Gasteiger partial charge is 0.274 e. The number of hydrogen-bond donors (Lipinski definition) is 4. The number of anilines is 1. The highest BCUT2D eigenvalue weighted by Gasteiger charge is 2.15. The molecule has 0 aliphatic rings. The highest BCUT2D eigenvalue weighted by molar-refractivity contribution is 5.97. The van der Waals surface area contributed by atoms with Crippen LogP contribution >= 0.6 is 0 Å². The molecule has 17 heavy (non-hydrogen) atoms. The number of hydrogen-bond acceptors (Lipinski definition) is 4. The van der Waals surface area contributed by atoms with E-state index in [-0.39, 0.29) is 11.6 Å². The van der Waals surface area contributed by atoms with Crippen molar-refractivity contribution in [2.75, 3.05) is 5.73 Å². The molecule has 0 fully saturated rings. The first kappa shape index (κ1) is 11.2. The molecule has 0 aliphatic heterocycles. The van der Waals surface area contributed by atoms with E-state index >= 15 is 0 Å². The van der Waals surface area contributed by atoms with Crippen LogP contribution in [0.25, 0.3) is 0 Å². The van der Waals surface area contributed by atoms with E-state index < -0.39 is 0 Å². The number of carbonyl (C=O) groups is 1. The van der Waals surface area contributed by atoms with Crippen LogP contribution in [0.3, 0.4) is 0 Å². The SMILES string of the molecule is CCc1[nH]nc(C(=O)NCc2ccn[nH]2)c1N. The monoisotopic (exact) mass is 234 g/mol. The van der Waals surface area contributed by atoms with Crippen molar-refractivity contribution in [3.05, 3.63) is 29.3 Å². The first-order chi connectivity index (χ1) is 8.22. The molecule has 0 saturated carbocycles. The summed E-state index contributed by atoms with van der Waals surface area (Å²) in [6.45, 7) is 2.31. The summed E-state index contributed by atoms with van der Waals surface area (Å²) in [4.78, 5) is 11.8. The second-order valence-electron chi connectivity index (χ2n) is 3.58. The predicted octanol–water partition coefficient (Wildman–Crippen LogP) is 0.207. The Balaban J connectivity index is 2.02. The van der Waals surface area contributed by atoms with Gasteiger partial charge in [0.25, 0.3) is 5.91 Å². The van der Waals surface area contributed by atoms with Crippen LogP contribution in [0.2, 0.25) is 0 Å². The number of nitrogens with two attached hydrogens (primary N) is 1. The van der Waals surface area contributed by atoms with E-state index in [1.807, 2.05) is 6.92 Å². The lowest BCUT2D eigenvalue weighted by Crippen LogP contribution is -2.24. The molecule has 2 rings (SSSR count). The van der Waals surface area contributed by atoms with E-state index in [1.165, 1.54) is 0 Å². The lowest BCUT2D eigenvalue weighted by molar-refractivity contribution is 0.0946. The van der Waals surface area contributed by atoms with Crippen molar-refractivity contribution in [1.29, 1.82) is 0 Å². The van der Waals surface area contributed by atoms with Crippen LogP contribution in [-0.2, 0) is 13.0 Å². The molecule has 0 saturated heterocycles. The number of nitrogens with zero attached hydrogens (tertiary/aromatic N) is 2. The maximum Gasteiger partial charge on any atom is 0.274 e. The third-order valence-corrected chi connectivity index (χ3v) is 2.45. The number of aromatic nitrogens is 4. The largest absolute Gasteiger partial charge is 0.395 e. The van der Waals surface area contributed by atoms with Gasteiger partial charge in [-0.2, -0.15) is 10.2 Å². The van der Waals surface area contributed by atoms with Gasteiger partial charge in [-0.25, -0.2) is 0 Å². The van der Waals surface area contributed by atoms with Crippen LogP contribution in [0.4, 0.5) is 5.69 Å². The summed E-state index contributed by atoms with van der Waals surface area (Å²) in [7, 11) is 0. The molecule has 0 bridgehead atoms. The zero-order valence-electron chi connectivity index (χ0n) is 9.45. The molecule has 7 heteroatoms. The summed E-state index contributed by atoms with van der Waals surface area (Å²) in [5, 5.41) is 15.9. The highest BCUT2D eigenvalue weighted by Crippen LogP contribution is 2.13. The van der Waals surface area contributed by atoms with Crippen molar-refractivity contribution in [2.45, 2.75) is 19.9 Å². The number of nitrogens with one attached hydrogen (secondary N) is 3. The molecular weight excluding hydrogens is 220 g/mol. The molecule has 90 valence electrons. The van der Waals surface area contributed by atoms with Crippen LogP contribution in [0, 0.1) is 0 Å². The molecule has 1 amide bonds. The Morgan fingerprint density at radius 3 is 2.94 bits per heavy atom. The Morgan fingerprint density at radius 2 is 2.35 bits per heavy atom. The minimum atomic E-state index is -0.298. The first-order valence-electron chi connectivity index (χ1n) is 5.31. The Labute approximate surface area is 97.8 Å². The second kappa shape index (κ2) is 4.69. The summed E-state index contributed by atoms with van der Waals surface area (Å²) in [6, 6.07) is 1.78. The van der Waals surface area contributed by atoms with Crippen molar-refractivity contribution >= 4 is 11.6 Å². The summed E-state index contributed by atoms with van der Waals surface area (Å²) < 4.78 is 0. The zero-order chi connectivity index (χ0) is 12.3. The topological polar surface area (TPSA) is 112 Å². The van der Waals surface area contributed by atoms with Gasteiger partial charge in [0.2, 0.25) is 0 Å². The van der Waals surface area contributed by atoms with Gasteiger partial charge in [0.1, 0.15) is 0 Å². The molecule has 0 unspecified atom stereocenters. The minimum absolute atomic E-state index is 0.237. The van der Waals surface area contributed by atoms with E-state index in [9.17, 15) is 4.79 Å². The van der Waals surface area contributed by atoms with Crippen LogP contribution in [0.1, 0.15) is 28.8 Å². The van der Waals surface area contributed by atoms with Crippen LogP contribution in [0.5, 0.6) is 0 Å². The number of aryl methyl sites for hydroxylation is 1. The fourth-order valence-electron chi connectivity index (χ4n) is 1.47. The number of nitrogen functional groups attached to an aromatic ring is 1. The van der Waals surface area contributed by atoms with Crippen molar-refractivity contribution in [1.82, 2.24) is 25.7 Å². The zero-order valence-corrected chi connectivity index (χ0v) is 9.45. The molecule has 0 spiro atoms. The molecule has 0 aromatic carbocycles. The molecule has 2 heterocycles. The van der Waals surface area contributed by atoms with E-state index in [2.05, 4.69) is 25.7 Å². The minimum Gasteiger partial charge on any atom is -0.395 e. The number of rotatable bonds is 4. The molecule has 0 radical (unpaired) electrons. The van der Waals surface area contributed by atoms with Crippen LogP contribution in [-0.4, -0.2) is 26.3 Å².